The lowest BCUT2D eigenvalue weighted by atomic mass is 10.2. The second kappa shape index (κ2) is 5.04. The van der Waals surface area contributed by atoms with Crippen LogP contribution in [-0.2, 0) is 11.8 Å². The van der Waals surface area contributed by atoms with Crippen LogP contribution >= 0.6 is 0 Å². The molecule has 6 nitrogen and oxygen atoms in total. The number of nitriles is 1. The second-order valence-electron chi connectivity index (χ2n) is 3.49. The molecular weight excluding hydrogens is 220 g/mol. The Kier molecular flexibility index (Phi) is 3.74. The molecule has 2 N–H and O–H groups in total. The van der Waals surface area contributed by atoms with E-state index in [4.69, 9.17) is 16.8 Å². The van der Waals surface area contributed by atoms with Gasteiger partial charge in [-0.1, -0.05) is 0 Å². The fourth-order valence-electron chi connectivity index (χ4n) is 1.44. The van der Waals surface area contributed by atoms with Gasteiger partial charge in [0.15, 0.2) is 0 Å². The highest BCUT2D eigenvalue weighted by Crippen LogP contribution is 2.18. The quantitative estimate of drug-likeness (QED) is 0.737. The molecule has 0 fully saturated rings. The van der Waals surface area contributed by atoms with Crippen LogP contribution in [0.25, 0.3) is 0 Å². The van der Waals surface area contributed by atoms with E-state index in [9.17, 15) is 4.79 Å². The molecular formula is C11H12N4O2. The first kappa shape index (κ1) is 12.6. The van der Waals surface area contributed by atoms with Crippen LogP contribution in [0.1, 0.15) is 17.7 Å². The summed E-state index contributed by atoms with van der Waals surface area (Å²) in [5, 5.41) is 24.7. The maximum atomic E-state index is 10.9. The zero-order valence-electron chi connectivity index (χ0n) is 9.56. The van der Waals surface area contributed by atoms with E-state index in [1.165, 1.54) is 4.68 Å². The minimum Gasteiger partial charge on any atom is -0.480 e. The average Bonchev–Trinajstić information content (AvgIpc) is 2.52. The number of aryl methyl sites for hydroxylation is 2. The van der Waals surface area contributed by atoms with Crippen molar-refractivity contribution < 1.29 is 9.90 Å². The highest BCUT2D eigenvalue weighted by atomic mass is 16.4. The van der Waals surface area contributed by atoms with Crippen molar-refractivity contribution in [2.45, 2.75) is 19.4 Å². The van der Waals surface area contributed by atoms with Crippen LogP contribution in [0.3, 0.4) is 0 Å². The smallest absolute Gasteiger partial charge is 0.327 e. The zero-order valence-corrected chi connectivity index (χ0v) is 9.56. The lowest BCUT2D eigenvalue weighted by Crippen LogP contribution is -2.30. The summed E-state index contributed by atoms with van der Waals surface area (Å²) in [6.45, 7) is 1.68. The van der Waals surface area contributed by atoms with Gasteiger partial charge in [-0.3, -0.25) is 4.68 Å². The fourth-order valence-corrected chi connectivity index (χ4v) is 1.44. The standard InChI is InChI=1S/C11H12N4O2/c1-4-5-9(11(16)17)13-10-8(6-12)7(2)14-15(10)3/h1,9,13H,5H2,2-3H3,(H,16,17). The Morgan fingerprint density at radius 1 is 1.76 bits per heavy atom. The van der Waals surface area contributed by atoms with E-state index in [1.54, 1.807) is 14.0 Å². The van der Waals surface area contributed by atoms with Gasteiger partial charge in [0, 0.05) is 13.5 Å². The van der Waals surface area contributed by atoms with Crippen LogP contribution < -0.4 is 5.32 Å². The van der Waals surface area contributed by atoms with Gasteiger partial charge in [0.1, 0.15) is 23.5 Å². The number of carboxylic acids is 1. The summed E-state index contributed by atoms with van der Waals surface area (Å²) < 4.78 is 1.43. The molecule has 0 bridgehead atoms. The number of rotatable bonds is 4. The van der Waals surface area contributed by atoms with E-state index in [0.29, 0.717) is 17.1 Å². The average molecular weight is 232 g/mol. The summed E-state index contributed by atoms with van der Waals surface area (Å²) in [6.07, 6.45) is 5.13. The van der Waals surface area contributed by atoms with Crippen molar-refractivity contribution in [3.05, 3.63) is 11.3 Å². The molecule has 6 heteroatoms. The molecule has 0 aliphatic heterocycles. The molecule has 1 rings (SSSR count). The first-order valence-electron chi connectivity index (χ1n) is 4.87. The van der Waals surface area contributed by atoms with Crippen LogP contribution in [0, 0.1) is 30.6 Å². The Morgan fingerprint density at radius 3 is 2.88 bits per heavy atom. The first-order chi connectivity index (χ1) is 8.01. The van der Waals surface area contributed by atoms with Crippen LogP contribution in [0.2, 0.25) is 0 Å². The Labute approximate surface area is 98.9 Å². The molecule has 0 spiro atoms. The maximum absolute atomic E-state index is 10.9. The summed E-state index contributed by atoms with van der Waals surface area (Å²) in [6, 6.07) is 1.05. The van der Waals surface area contributed by atoms with Gasteiger partial charge in [0.25, 0.3) is 0 Å². The Bertz CT molecular complexity index is 519. The van der Waals surface area contributed by atoms with Gasteiger partial charge < -0.3 is 10.4 Å². The van der Waals surface area contributed by atoms with Crippen molar-refractivity contribution in [3.8, 4) is 18.4 Å². The van der Waals surface area contributed by atoms with Crippen molar-refractivity contribution in [2.75, 3.05) is 5.32 Å². The van der Waals surface area contributed by atoms with Crippen LogP contribution in [0.5, 0.6) is 0 Å². The number of aromatic nitrogens is 2. The number of nitrogens with one attached hydrogen (secondary N) is 1. The molecule has 1 unspecified atom stereocenters. The van der Waals surface area contributed by atoms with Crippen LogP contribution in [-0.4, -0.2) is 26.9 Å². The lowest BCUT2D eigenvalue weighted by Gasteiger charge is -2.13. The van der Waals surface area contributed by atoms with Crippen molar-refractivity contribution in [1.29, 1.82) is 5.26 Å². The van der Waals surface area contributed by atoms with Gasteiger partial charge in [0.05, 0.1) is 5.69 Å². The molecule has 17 heavy (non-hydrogen) atoms. The van der Waals surface area contributed by atoms with Gasteiger partial charge >= 0.3 is 5.97 Å². The monoisotopic (exact) mass is 232 g/mol. The van der Waals surface area contributed by atoms with Gasteiger partial charge in [-0.15, -0.1) is 12.3 Å². The number of carbonyl (C=O) groups is 1. The van der Waals surface area contributed by atoms with Crippen LogP contribution in [0.15, 0.2) is 0 Å². The van der Waals surface area contributed by atoms with Gasteiger partial charge in [-0.25, -0.2) is 4.79 Å². The molecule has 0 saturated heterocycles. The second-order valence-corrected chi connectivity index (χ2v) is 3.49. The van der Waals surface area contributed by atoms with E-state index in [1.807, 2.05) is 6.07 Å². The third kappa shape index (κ3) is 2.56. The Balaban J connectivity index is 3.06. The normalized spacial score (nSPS) is 11.3. The molecule has 1 aromatic heterocycles. The zero-order chi connectivity index (χ0) is 13.0. The number of aliphatic carboxylic acids is 1. The third-order valence-electron chi connectivity index (χ3n) is 2.27. The molecule has 1 heterocycles. The molecule has 0 radical (unpaired) electrons. The highest BCUT2D eigenvalue weighted by molar-refractivity contribution is 5.78. The number of nitrogens with zero attached hydrogens (tertiary/aromatic N) is 3. The van der Waals surface area contributed by atoms with Gasteiger partial charge in [-0.2, -0.15) is 10.4 Å². The topological polar surface area (TPSA) is 90.9 Å². The van der Waals surface area contributed by atoms with Crippen molar-refractivity contribution in [1.82, 2.24) is 9.78 Å². The molecule has 0 amide bonds. The van der Waals surface area contributed by atoms with Gasteiger partial charge in [-0.05, 0) is 6.92 Å². The summed E-state index contributed by atoms with van der Waals surface area (Å²) >= 11 is 0. The lowest BCUT2D eigenvalue weighted by molar-refractivity contribution is -0.137. The number of anilines is 1. The number of hydrogen-bond acceptors (Lipinski definition) is 4. The summed E-state index contributed by atoms with van der Waals surface area (Å²) in [5.74, 6) is 1.58. The molecule has 0 aromatic carbocycles. The van der Waals surface area contributed by atoms with E-state index >= 15 is 0 Å². The molecule has 0 aliphatic carbocycles. The van der Waals surface area contributed by atoms with Crippen LogP contribution in [0.4, 0.5) is 5.82 Å². The van der Waals surface area contributed by atoms with E-state index < -0.39 is 12.0 Å². The number of terminal acetylenes is 1. The van der Waals surface area contributed by atoms with E-state index in [2.05, 4.69) is 16.3 Å². The minimum absolute atomic E-state index is 0.0322. The number of hydrogen-bond donors (Lipinski definition) is 2. The predicted octanol–water partition coefficient (Wildman–Crippen LogP) is 0.489. The summed E-state index contributed by atoms with van der Waals surface area (Å²) in [4.78, 5) is 10.9. The van der Waals surface area contributed by atoms with Crippen molar-refractivity contribution in [2.24, 2.45) is 7.05 Å². The largest absolute Gasteiger partial charge is 0.480 e. The summed E-state index contributed by atoms with van der Waals surface area (Å²) in [7, 11) is 1.63. The molecule has 0 aliphatic rings. The molecule has 88 valence electrons. The van der Waals surface area contributed by atoms with E-state index in [-0.39, 0.29) is 6.42 Å². The summed E-state index contributed by atoms with van der Waals surface area (Å²) in [5.41, 5.74) is 0.873. The fraction of sp³-hybridized carbons (Fsp3) is 0.364. The predicted molar refractivity (Wildman–Crippen MR) is 61.2 cm³/mol. The van der Waals surface area contributed by atoms with Gasteiger partial charge in [0.2, 0.25) is 0 Å². The minimum atomic E-state index is -1.06. The molecule has 1 aromatic rings. The van der Waals surface area contributed by atoms with Crippen molar-refractivity contribution in [3.63, 3.8) is 0 Å². The first-order valence-corrected chi connectivity index (χ1v) is 4.87. The van der Waals surface area contributed by atoms with Crippen molar-refractivity contribution >= 4 is 11.8 Å². The molecule has 1 atom stereocenters. The maximum Gasteiger partial charge on any atom is 0.327 e. The molecule has 0 saturated carbocycles. The highest BCUT2D eigenvalue weighted by Gasteiger charge is 2.21. The van der Waals surface area contributed by atoms with E-state index in [0.717, 1.165) is 0 Å². The Morgan fingerprint density at radius 2 is 2.41 bits per heavy atom. The third-order valence-corrected chi connectivity index (χ3v) is 2.27. The SMILES string of the molecule is C#CCC(Nc1c(C#N)c(C)nn1C)C(=O)O. The Hall–Kier alpha value is -2.47. The number of carboxylic acid groups (broad SMARTS) is 1.